The van der Waals surface area contributed by atoms with Crippen molar-refractivity contribution in [1.82, 2.24) is 0 Å². The zero-order valence-corrected chi connectivity index (χ0v) is 15.0. The van der Waals surface area contributed by atoms with E-state index < -0.39 is 5.97 Å². The van der Waals surface area contributed by atoms with Crippen LogP contribution < -0.4 is 9.47 Å². The van der Waals surface area contributed by atoms with E-state index >= 15 is 0 Å². The molecule has 2 aromatic rings. The molecular formula is C19H19NO4S. The molecule has 0 spiro atoms. The Balaban J connectivity index is 1.82. The molecule has 1 aliphatic heterocycles. The number of methoxy groups -OCH3 is 1. The molecule has 5 nitrogen and oxygen atoms in total. The van der Waals surface area contributed by atoms with Crippen LogP contribution in [0.1, 0.15) is 30.2 Å². The van der Waals surface area contributed by atoms with Crippen molar-refractivity contribution in [3.05, 3.63) is 51.8 Å². The third-order valence-electron chi connectivity index (χ3n) is 3.60. The molecular weight excluding hydrogens is 338 g/mol. The number of carbonyl (C=O) groups is 1. The van der Waals surface area contributed by atoms with Crippen LogP contribution in [0, 0.1) is 0 Å². The van der Waals surface area contributed by atoms with Gasteiger partial charge in [-0.15, -0.1) is 11.3 Å². The zero-order chi connectivity index (χ0) is 17.6. The van der Waals surface area contributed by atoms with Gasteiger partial charge in [0.05, 0.1) is 18.6 Å². The number of rotatable bonds is 7. The lowest BCUT2D eigenvalue weighted by Crippen LogP contribution is -2.03. The Morgan fingerprint density at radius 3 is 2.88 bits per heavy atom. The third-order valence-corrected chi connectivity index (χ3v) is 4.46. The number of esters is 1. The van der Waals surface area contributed by atoms with Gasteiger partial charge in [0, 0.05) is 0 Å². The van der Waals surface area contributed by atoms with Crippen LogP contribution in [0.15, 0.2) is 46.4 Å². The number of cyclic esters (lactones) is 1. The first-order valence-electron chi connectivity index (χ1n) is 8.08. The third kappa shape index (κ3) is 4.09. The van der Waals surface area contributed by atoms with Gasteiger partial charge in [-0.2, -0.15) is 0 Å². The summed E-state index contributed by atoms with van der Waals surface area (Å²) in [4.78, 5) is 17.1. The smallest absolute Gasteiger partial charge is 0.363 e. The highest BCUT2D eigenvalue weighted by Crippen LogP contribution is 2.30. The van der Waals surface area contributed by atoms with E-state index in [0.29, 0.717) is 24.0 Å². The van der Waals surface area contributed by atoms with E-state index in [1.165, 1.54) is 11.3 Å². The van der Waals surface area contributed by atoms with Crippen molar-refractivity contribution >= 4 is 29.3 Å². The van der Waals surface area contributed by atoms with E-state index in [9.17, 15) is 4.79 Å². The fourth-order valence-electron chi connectivity index (χ4n) is 2.29. The molecule has 1 aromatic carbocycles. The van der Waals surface area contributed by atoms with E-state index in [4.69, 9.17) is 14.2 Å². The normalized spacial score (nSPS) is 15.2. The Labute approximate surface area is 150 Å². The van der Waals surface area contributed by atoms with E-state index in [1.807, 2.05) is 35.7 Å². The molecule has 130 valence electrons. The molecule has 0 radical (unpaired) electrons. The molecule has 0 unspecified atom stereocenters. The van der Waals surface area contributed by atoms with Gasteiger partial charge in [0.1, 0.15) is 0 Å². The number of hydrogen-bond donors (Lipinski definition) is 0. The fourth-order valence-corrected chi connectivity index (χ4v) is 2.94. The Morgan fingerprint density at radius 1 is 1.28 bits per heavy atom. The highest BCUT2D eigenvalue weighted by Gasteiger charge is 2.24. The van der Waals surface area contributed by atoms with E-state index in [-0.39, 0.29) is 5.70 Å². The first-order chi connectivity index (χ1) is 12.2. The number of benzene rings is 1. The number of hydrogen-bond acceptors (Lipinski definition) is 6. The Bertz CT molecular complexity index is 809. The summed E-state index contributed by atoms with van der Waals surface area (Å²) in [6, 6.07) is 9.28. The maximum atomic E-state index is 12.0. The van der Waals surface area contributed by atoms with Crippen molar-refractivity contribution in [3.8, 4) is 11.5 Å². The molecule has 0 N–H and O–H groups in total. The summed E-state index contributed by atoms with van der Waals surface area (Å²) < 4.78 is 16.3. The van der Waals surface area contributed by atoms with Gasteiger partial charge < -0.3 is 14.2 Å². The second-order valence-electron chi connectivity index (χ2n) is 5.43. The molecule has 6 heteroatoms. The van der Waals surface area contributed by atoms with Crippen molar-refractivity contribution in [2.45, 2.75) is 19.8 Å². The molecule has 0 atom stereocenters. The predicted molar refractivity (Wildman–Crippen MR) is 98.3 cm³/mol. The van der Waals surface area contributed by atoms with Crippen LogP contribution in [0.4, 0.5) is 0 Å². The summed E-state index contributed by atoms with van der Waals surface area (Å²) in [5.74, 6) is 1.21. The summed E-state index contributed by atoms with van der Waals surface area (Å²) in [6.07, 6.45) is 3.74. The number of unbranched alkanes of at least 4 members (excludes halogenated alkanes) is 1. The number of thiophene rings is 1. The maximum absolute atomic E-state index is 12.0. The average molecular weight is 357 g/mol. The molecule has 0 saturated carbocycles. The van der Waals surface area contributed by atoms with Gasteiger partial charge in [-0.1, -0.05) is 25.5 Å². The van der Waals surface area contributed by atoms with E-state index in [1.54, 1.807) is 13.2 Å². The van der Waals surface area contributed by atoms with Crippen LogP contribution in [0.25, 0.3) is 6.08 Å². The van der Waals surface area contributed by atoms with Gasteiger partial charge in [0.25, 0.3) is 0 Å². The minimum absolute atomic E-state index is 0.269. The molecule has 0 saturated heterocycles. The molecule has 0 aliphatic carbocycles. The lowest BCUT2D eigenvalue weighted by molar-refractivity contribution is -0.129. The van der Waals surface area contributed by atoms with Gasteiger partial charge in [-0.25, -0.2) is 9.79 Å². The molecule has 3 rings (SSSR count). The first kappa shape index (κ1) is 17.2. The molecule has 0 amide bonds. The summed E-state index contributed by atoms with van der Waals surface area (Å²) in [7, 11) is 1.59. The lowest BCUT2D eigenvalue weighted by Gasteiger charge is -2.10. The topological polar surface area (TPSA) is 57.1 Å². The monoisotopic (exact) mass is 357 g/mol. The van der Waals surface area contributed by atoms with Gasteiger partial charge in [-0.05, 0) is 41.6 Å². The zero-order valence-electron chi connectivity index (χ0n) is 14.2. The summed E-state index contributed by atoms with van der Waals surface area (Å²) in [6.45, 7) is 2.76. The molecule has 2 heterocycles. The van der Waals surface area contributed by atoms with Crippen molar-refractivity contribution in [2.24, 2.45) is 4.99 Å². The average Bonchev–Trinajstić information content (AvgIpc) is 3.26. The van der Waals surface area contributed by atoms with Crippen LogP contribution in [-0.4, -0.2) is 25.6 Å². The number of nitrogens with zero attached hydrogens (tertiary/aromatic N) is 1. The van der Waals surface area contributed by atoms with Gasteiger partial charge in [0.15, 0.2) is 17.2 Å². The SMILES string of the molecule is CCCCOc1ccc(C=C2N=C(c3cccs3)OC2=O)cc1OC. The van der Waals surface area contributed by atoms with Crippen molar-refractivity contribution in [1.29, 1.82) is 0 Å². The highest BCUT2D eigenvalue weighted by atomic mass is 32.1. The van der Waals surface area contributed by atoms with Gasteiger partial charge in [0.2, 0.25) is 5.90 Å². The number of carbonyl (C=O) groups excluding carboxylic acids is 1. The van der Waals surface area contributed by atoms with E-state index in [0.717, 1.165) is 23.3 Å². The summed E-state index contributed by atoms with van der Waals surface area (Å²) >= 11 is 1.48. The lowest BCUT2D eigenvalue weighted by atomic mass is 10.1. The van der Waals surface area contributed by atoms with Crippen LogP contribution in [-0.2, 0) is 9.53 Å². The second kappa shape index (κ2) is 7.98. The van der Waals surface area contributed by atoms with Gasteiger partial charge >= 0.3 is 5.97 Å². The number of aliphatic imine (C=N–C) groups is 1. The minimum Gasteiger partial charge on any atom is -0.493 e. The Morgan fingerprint density at radius 2 is 2.16 bits per heavy atom. The van der Waals surface area contributed by atoms with Crippen LogP contribution in [0.3, 0.4) is 0 Å². The summed E-state index contributed by atoms with van der Waals surface area (Å²) in [5.41, 5.74) is 1.06. The standard InChI is InChI=1S/C19H19NO4S/c1-3-4-9-23-15-8-7-13(12-16(15)22-2)11-14-19(21)24-18(20-14)17-6-5-10-25-17/h5-8,10-12H,3-4,9H2,1-2H3. The van der Waals surface area contributed by atoms with E-state index in [2.05, 4.69) is 11.9 Å². The molecule has 0 fully saturated rings. The molecule has 0 bridgehead atoms. The summed E-state index contributed by atoms with van der Waals surface area (Å²) in [5, 5.41) is 1.91. The minimum atomic E-state index is -0.453. The first-order valence-corrected chi connectivity index (χ1v) is 8.96. The molecule has 25 heavy (non-hydrogen) atoms. The Kier molecular flexibility index (Phi) is 5.50. The maximum Gasteiger partial charge on any atom is 0.363 e. The fraction of sp³-hybridized carbons (Fsp3) is 0.263. The van der Waals surface area contributed by atoms with Crippen molar-refractivity contribution in [3.63, 3.8) is 0 Å². The quantitative estimate of drug-likeness (QED) is 0.422. The van der Waals surface area contributed by atoms with Crippen molar-refractivity contribution < 1.29 is 19.0 Å². The van der Waals surface area contributed by atoms with Gasteiger partial charge in [-0.3, -0.25) is 0 Å². The molecule has 1 aromatic heterocycles. The Hall–Kier alpha value is -2.60. The van der Waals surface area contributed by atoms with Crippen LogP contribution in [0.2, 0.25) is 0 Å². The highest BCUT2D eigenvalue weighted by molar-refractivity contribution is 7.12. The second-order valence-corrected chi connectivity index (χ2v) is 6.37. The largest absolute Gasteiger partial charge is 0.493 e. The number of ether oxygens (including phenoxy) is 3. The van der Waals surface area contributed by atoms with Crippen molar-refractivity contribution in [2.75, 3.05) is 13.7 Å². The predicted octanol–water partition coefficient (Wildman–Crippen LogP) is 4.28. The molecule has 1 aliphatic rings. The van der Waals surface area contributed by atoms with Crippen LogP contribution in [0.5, 0.6) is 11.5 Å². The van der Waals surface area contributed by atoms with Crippen LogP contribution >= 0.6 is 11.3 Å².